The van der Waals surface area contributed by atoms with Gasteiger partial charge in [0.2, 0.25) is 0 Å². The van der Waals surface area contributed by atoms with Crippen LogP contribution in [0.15, 0.2) is 24.3 Å². The van der Waals surface area contributed by atoms with Gasteiger partial charge in [0, 0.05) is 0 Å². The van der Waals surface area contributed by atoms with Crippen LogP contribution in [0.4, 0.5) is 0 Å². The Kier molecular flexibility index (Phi) is 8.64. The van der Waals surface area contributed by atoms with Crippen molar-refractivity contribution in [2.24, 2.45) is 0 Å². The van der Waals surface area contributed by atoms with Crippen LogP contribution < -0.4 is 0 Å². The highest BCUT2D eigenvalue weighted by Gasteiger charge is 2.18. The highest BCUT2D eigenvalue weighted by molar-refractivity contribution is 5.92. The fraction of sp³-hybridized carbons (Fsp3) is 0.556. The van der Waals surface area contributed by atoms with E-state index in [-0.39, 0.29) is 16.8 Å². The lowest BCUT2D eigenvalue weighted by Gasteiger charge is -2.24. The van der Waals surface area contributed by atoms with Crippen LogP contribution in [0.1, 0.15) is 69.2 Å². The van der Waals surface area contributed by atoms with Crippen molar-refractivity contribution < 1.29 is 29.2 Å². The number of ether oxygens (including phenoxy) is 1. The van der Waals surface area contributed by atoms with E-state index in [1.54, 1.807) is 6.92 Å². The van der Waals surface area contributed by atoms with Crippen molar-refractivity contribution in [3.05, 3.63) is 35.4 Å². The summed E-state index contributed by atoms with van der Waals surface area (Å²) in [6, 6.07) is 5.60. The average Bonchev–Trinajstić information content (AvgIpc) is 2.45. The number of hydrogen-bond acceptors (Lipinski definition) is 5. The maximum absolute atomic E-state index is 11.2. The van der Waals surface area contributed by atoms with Gasteiger partial charge in [-0.15, -0.1) is 0 Å². The number of rotatable bonds is 4. The molecule has 24 heavy (non-hydrogen) atoms. The van der Waals surface area contributed by atoms with E-state index in [0.717, 1.165) is 0 Å². The van der Waals surface area contributed by atoms with E-state index < -0.39 is 11.9 Å². The smallest absolute Gasteiger partial charge is 0.338 e. The van der Waals surface area contributed by atoms with Gasteiger partial charge in [0.1, 0.15) is 0 Å². The number of carboxylic acid groups (broad SMARTS) is 1. The zero-order valence-corrected chi connectivity index (χ0v) is 15.5. The molecular formula is C18H28O6. The molecule has 0 fully saturated rings. The molecule has 0 spiro atoms. The van der Waals surface area contributed by atoms with Crippen molar-refractivity contribution in [3.63, 3.8) is 0 Å². The molecule has 0 saturated carbocycles. The van der Waals surface area contributed by atoms with Gasteiger partial charge in [-0.25, -0.2) is 19.4 Å². The second kappa shape index (κ2) is 9.39. The van der Waals surface area contributed by atoms with Gasteiger partial charge < -0.3 is 9.84 Å². The molecule has 0 amide bonds. The van der Waals surface area contributed by atoms with Gasteiger partial charge in [-0.1, -0.05) is 0 Å². The summed E-state index contributed by atoms with van der Waals surface area (Å²) in [5.74, 6) is -1.45. The summed E-state index contributed by atoms with van der Waals surface area (Å²) < 4.78 is 4.74. The third-order valence-electron chi connectivity index (χ3n) is 2.18. The van der Waals surface area contributed by atoms with E-state index in [0.29, 0.717) is 12.2 Å². The normalized spacial score (nSPS) is 11.3. The van der Waals surface area contributed by atoms with Crippen molar-refractivity contribution >= 4 is 11.9 Å². The molecule has 1 aromatic rings. The second-order valence-electron chi connectivity index (χ2n) is 6.99. The molecule has 0 saturated heterocycles. The highest BCUT2D eigenvalue weighted by Crippen LogP contribution is 2.14. The quantitative estimate of drug-likeness (QED) is 0.505. The summed E-state index contributed by atoms with van der Waals surface area (Å²) in [6.45, 7) is 13.8. The van der Waals surface area contributed by atoms with Crippen molar-refractivity contribution in [2.75, 3.05) is 6.61 Å². The molecule has 0 aromatic heterocycles. The topological polar surface area (TPSA) is 82.1 Å². The molecular weight excluding hydrogens is 312 g/mol. The van der Waals surface area contributed by atoms with Crippen LogP contribution in [0.25, 0.3) is 0 Å². The van der Waals surface area contributed by atoms with Crippen LogP contribution in [0, 0.1) is 0 Å². The molecule has 6 nitrogen and oxygen atoms in total. The summed E-state index contributed by atoms with van der Waals surface area (Å²) >= 11 is 0. The first-order valence-electron chi connectivity index (χ1n) is 7.73. The molecule has 1 rings (SSSR count). The second-order valence-corrected chi connectivity index (χ2v) is 6.99. The molecule has 1 aromatic carbocycles. The maximum atomic E-state index is 11.2. The molecule has 0 heterocycles. The van der Waals surface area contributed by atoms with Crippen LogP contribution in [0.3, 0.4) is 0 Å². The Morgan fingerprint density at radius 2 is 1.25 bits per heavy atom. The van der Waals surface area contributed by atoms with Crippen LogP contribution in [0.5, 0.6) is 0 Å². The van der Waals surface area contributed by atoms with Gasteiger partial charge in [0.05, 0.1) is 28.9 Å². The fourth-order valence-electron chi connectivity index (χ4n) is 1.21. The first kappa shape index (κ1) is 22.1. The Hall–Kier alpha value is -1.92. The zero-order valence-electron chi connectivity index (χ0n) is 15.5. The largest absolute Gasteiger partial charge is 0.478 e. The highest BCUT2D eigenvalue weighted by atomic mass is 17.2. The standard InChI is InChI=1S/C10H10O4.C8H18O2/c1-2-14-10(13)8-5-3-7(4-6-8)9(11)12;1-7(2,3)9-10-8(4,5)6/h3-6H,2H2,1H3,(H,11,12);1-6H3. The van der Waals surface area contributed by atoms with Crippen molar-refractivity contribution in [1.29, 1.82) is 0 Å². The van der Waals surface area contributed by atoms with E-state index in [1.807, 2.05) is 41.5 Å². The monoisotopic (exact) mass is 340 g/mol. The van der Waals surface area contributed by atoms with Crippen LogP contribution in [-0.2, 0) is 14.5 Å². The minimum atomic E-state index is -1.01. The fourth-order valence-corrected chi connectivity index (χ4v) is 1.21. The molecule has 0 aliphatic carbocycles. The van der Waals surface area contributed by atoms with Crippen molar-refractivity contribution in [1.82, 2.24) is 0 Å². The van der Waals surface area contributed by atoms with Gasteiger partial charge in [-0.2, -0.15) is 0 Å². The molecule has 0 radical (unpaired) electrons. The maximum Gasteiger partial charge on any atom is 0.338 e. The Morgan fingerprint density at radius 3 is 1.54 bits per heavy atom. The van der Waals surface area contributed by atoms with Crippen LogP contribution >= 0.6 is 0 Å². The molecule has 0 aliphatic rings. The number of carbonyl (C=O) groups is 2. The van der Waals surface area contributed by atoms with Crippen LogP contribution in [0.2, 0.25) is 0 Å². The number of carboxylic acids is 1. The van der Waals surface area contributed by atoms with Crippen molar-refractivity contribution in [3.8, 4) is 0 Å². The number of benzene rings is 1. The Labute approximate surface area is 143 Å². The van der Waals surface area contributed by atoms with Gasteiger partial charge in [-0.05, 0) is 72.7 Å². The molecule has 1 N–H and O–H groups in total. The summed E-state index contributed by atoms with van der Waals surface area (Å²) in [4.78, 5) is 31.8. The van der Waals surface area contributed by atoms with E-state index in [2.05, 4.69) is 0 Å². The molecule has 0 unspecified atom stereocenters. The average molecular weight is 340 g/mol. The number of hydrogen-bond donors (Lipinski definition) is 1. The molecule has 0 atom stereocenters. The van der Waals surface area contributed by atoms with E-state index in [9.17, 15) is 9.59 Å². The Bertz CT molecular complexity index is 506. The summed E-state index contributed by atoms with van der Waals surface area (Å²) in [7, 11) is 0. The number of carbonyl (C=O) groups excluding carboxylic acids is 1. The molecule has 136 valence electrons. The Morgan fingerprint density at radius 1 is 0.875 bits per heavy atom. The van der Waals surface area contributed by atoms with Gasteiger partial charge in [0.25, 0.3) is 0 Å². The first-order valence-corrected chi connectivity index (χ1v) is 7.73. The third kappa shape index (κ3) is 10.7. The predicted molar refractivity (Wildman–Crippen MR) is 91.0 cm³/mol. The summed E-state index contributed by atoms with van der Waals surface area (Å²) in [5.41, 5.74) is 0.0792. The minimum absolute atomic E-state index is 0.151. The van der Waals surface area contributed by atoms with Crippen LogP contribution in [-0.4, -0.2) is 34.9 Å². The van der Waals surface area contributed by atoms with Gasteiger partial charge in [-0.3, -0.25) is 0 Å². The van der Waals surface area contributed by atoms with E-state index in [1.165, 1.54) is 24.3 Å². The molecule has 0 bridgehead atoms. The molecule has 6 heteroatoms. The lowest BCUT2D eigenvalue weighted by molar-refractivity contribution is -0.393. The number of esters is 1. The lowest BCUT2D eigenvalue weighted by Crippen LogP contribution is -2.27. The molecule has 0 aliphatic heterocycles. The van der Waals surface area contributed by atoms with E-state index in [4.69, 9.17) is 19.6 Å². The Balaban J connectivity index is 0.000000470. The zero-order chi connectivity index (χ0) is 19.0. The van der Waals surface area contributed by atoms with Gasteiger partial charge >= 0.3 is 11.9 Å². The van der Waals surface area contributed by atoms with Gasteiger partial charge in [0.15, 0.2) is 0 Å². The minimum Gasteiger partial charge on any atom is -0.478 e. The lowest BCUT2D eigenvalue weighted by atomic mass is 10.1. The number of aromatic carboxylic acids is 1. The SMILES string of the molecule is CC(C)(C)OOC(C)(C)C.CCOC(=O)c1ccc(C(=O)O)cc1. The first-order chi connectivity index (χ1) is 10.9. The van der Waals surface area contributed by atoms with Crippen molar-refractivity contribution in [2.45, 2.75) is 59.7 Å². The van der Waals surface area contributed by atoms with E-state index >= 15 is 0 Å². The third-order valence-corrected chi connectivity index (χ3v) is 2.18. The summed E-state index contributed by atoms with van der Waals surface area (Å²) in [6.07, 6.45) is 0. The summed E-state index contributed by atoms with van der Waals surface area (Å²) in [5, 5.41) is 8.60. The predicted octanol–water partition coefficient (Wildman–Crippen LogP) is 4.09.